The highest BCUT2D eigenvalue weighted by molar-refractivity contribution is 7.91. The molecule has 28 heavy (non-hydrogen) atoms. The van der Waals surface area contributed by atoms with E-state index in [1.165, 1.54) is 12.1 Å². The summed E-state index contributed by atoms with van der Waals surface area (Å²) in [6.45, 7) is 6.20. The summed E-state index contributed by atoms with van der Waals surface area (Å²) in [6, 6.07) is 13.9. The van der Waals surface area contributed by atoms with Crippen molar-refractivity contribution in [2.75, 3.05) is 5.75 Å². The van der Waals surface area contributed by atoms with Crippen LogP contribution in [0.4, 0.5) is 0 Å². The van der Waals surface area contributed by atoms with Crippen LogP contribution in [0.1, 0.15) is 43.1 Å². The molecule has 2 aromatic rings. The quantitative estimate of drug-likeness (QED) is 0.742. The van der Waals surface area contributed by atoms with Gasteiger partial charge in [-0.05, 0) is 41.7 Å². The molecule has 1 atom stereocenters. The van der Waals surface area contributed by atoms with E-state index in [-0.39, 0.29) is 22.5 Å². The zero-order chi connectivity index (χ0) is 20.9. The zero-order valence-electron chi connectivity index (χ0n) is 16.3. The summed E-state index contributed by atoms with van der Waals surface area (Å²) in [7, 11) is -3.57. The van der Waals surface area contributed by atoms with Crippen LogP contribution in [-0.4, -0.2) is 32.0 Å². The van der Waals surface area contributed by atoms with Gasteiger partial charge in [-0.15, -0.1) is 0 Å². The first-order valence-electron chi connectivity index (χ1n) is 8.99. The molecule has 7 heteroatoms. The molecule has 0 aliphatic heterocycles. The third-order valence-corrected chi connectivity index (χ3v) is 6.20. The molecule has 0 unspecified atom stereocenters. The second kappa shape index (κ2) is 8.56. The zero-order valence-corrected chi connectivity index (χ0v) is 17.1. The number of primary amides is 1. The average molecular weight is 403 g/mol. The van der Waals surface area contributed by atoms with E-state index in [1.54, 1.807) is 30.3 Å². The van der Waals surface area contributed by atoms with Crippen LogP contribution < -0.4 is 11.1 Å². The first kappa shape index (κ1) is 21.6. The number of hydrogen-bond donors (Lipinski definition) is 2. The van der Waals surface area contributed by atoms with Crippen molar-refractivity contribution in [1.82, 2.24) is 5.32 Å². The Labute approximate surface area is 166 Å². The first-order valence-corrected chi connectivity index (χ1v) is 10.6. The van der Waals surface area contributed by atoms with E-state index < -0.39 is 27.7 Å². The van der Waals surface area contributed by atoms with Crippen LogP contribution in [0.15, 0.2) is 59.5 Å². The number of amides is 2. The van der Waals surface area contributed by atoms with Crippen LogP contribution in [0.3, 0.4) is 0 Å². The van der Waals surface area contributed by atoms with Gasteiger partial charge >= 0.3 is 0 Å². The lowest BCUT2D eigenvalue weighted by atomic mass is 9.86. The Bertz CT molecular complexity index is 931. The molecule has 0 saturated carbocycles. The monoisotopic (exact) mass is 402 g/mol. The largest absolute Gasteiger partial charge is 0.368 e. The van der Waals surface area contributed by atoms with E-state index in [2.05, 4.69) is 26.1 Å². The molecule has 0 spiro atoms. The van der Waals surface area contributed by atoms with Gasteiger partial charge in [0.25, 0.3) is 5.91 Å². The molecule has 0 aromatic heterocycles. The first-order chi connectivity index (χ1) is 13.0. The molecule has 0 aliphatic carbocycles. The lowest BCUT2D eigenvalue weighted by molar-refractivity contribution is -0.119. The van der Waals surface area contributed by atoms with Crippen LogP contribution >= 0.6 is 0 Å². The van der Waals surface area contributed by atoms with E-state index in [9.17, 15) is 18.0 Å². The fourth-order valence-corrected chi connectivity index (χ4v) is 4.02. The molecular weight excluding hydrogens is 376 g/mol. The molecule has 0 bridgehead atoms. The third-order valence-electron chi connectivity index (χ3n) is 4.44. The Morgan fingerprint density at radius 1 is 1.00 bits per heavy atom. The van der Waals surface area contributed by atoms with Crippen molar-refractivity contribution in [3.63, 3.8) is 0 Å². The molecule has 0 radical (unpaired) electrons. The van der Waals surface area contributed by atoms with Crippen molar-refractivity contribution in [3.8, 4) is 0 Å². The molecule has 2 rings (SSSR count). The molecule has 0 fully saturated rings. The van der Waals surface area contributed by atoms with Gasteiger partial charge in [-0.25, -0.2) is 8.42 Å². The van der Waals surface area contributed by atoms with Gasteiger partial charge in [0, 0.05) is 5.56 Å². The average Bonchev–Trinajstić information content (AvgIpc) is 2.64. The topological polar surface area (TPSA) is 106 Å². The Hall–Kier alpha value is -2.67. The van der Waals surface area contributed by atoms with E-state index in [0.717, 1.165) is 5.56 Å². The van der Waals surface area contributed by atoms with Gasteiger partial charge in [0.1, 0.15) is 6.04 Å². The Morgan fingerprint density at radius 2 is 1.57 bits per heavy atom. The summed E-state index contributed by atoms with van der Waals surface area (Å²) in [5, 5.41) is 2.54. The normalized spacial score (nSPS) is 13.0. The van der Waals surface area contributed by atoms with Gasteiger partial charge in [0.05, 0.1) is 10.6 Å². The molecule has 6 nitrogen and oxygen atoms in total. The number of hydrogen-bond acceptors (Lipinski definition) is 4. The van der Waals surface area contributed by atoms with E-state index in [1.807, 2.05) is 12.1 Å². The van der Waals surface area contributed by atoms with Gasteiger partial charge < -0.3 is 11.1 Å². The summed E-state index contributed by atoms with van der Waals surface area (Å²) in [5.41, 5.74) is 6.77. The van der Waals surface area contributed by atoms with E-state index in [4.69, 9.17) is 5.73 Å². The number of benzene rings is 2. The van der Waals surface area contributed by atoms with Crippen molar-refractivity contribution in [2.45, 2.75) is 43.5 Å². The van der Waals surface area contributed by atoms with E-state index >= 15 is 0 Å². The van der Waals surface area contributed by atoms with Gasteiger partial charge in [0.2, 0.25) is 5.91 Å². The highest BCUT2D eigenvalue weighted by atomic mass is 32.2. The Balaban J connectivity index is 2.06. The van der Waals surface area contributed by atoms with Gasteiger partial charge in [-0.2, -0.15) is 0 Å². The van der Waals surface area contributed by atoms with Crippen LogP contribution in [0.2, 0.25) is 0 Å². The minimum absolute atomic E-state index is 0.0451. The minimum atomic E-state index is -3.57. The predicted octanol–water partition coefficient (Wildman–Crippen LogP) is 2.43. The summed E-state index contributed by atoms with van der Waals surface area (Å²) in [5.74, 6) is -1.54. The number of rotatable bonds is 7. The molecule has 2 aromatic carbocycles. The maximum atomic E-state index is 12.4. The van der Waals surface area contributed by atoms with Gasteiger partial charge in [-0.3, -0.25) is 9.59 Å². The third kappa shape index (κ3) is 5.66. The highest BCUT2D eigenvalue weighted by Gasteiger charge is 2.23. The predicted molar refractivity (Wildman–Crippen MR) is 109 cm³/mol. The lowest BCUT2D eigenvalue weighted by Gasteiger charge is -2.19. The van der Waals surface area contributed by atoms with Gasteiger partial charge in [0.15, 0.2) is 9.84 Å². The molecule has 0 aliphatic rings. The van der Waals surface area contributed by atoms with Crippen LogP contribution in [0.25, 0.3) is 0 Å². The summed E-state index contributed by atoms with van der Waals surface area (Å²) in [4.78, 5) is 24.3. The second-order valence-electron chi connectivity index (χ2n) is 7.68. The summed E-state index contributed by atoms with van der Waals surface area (Å²) in [6.07, 6.45) is -0.0988. The molecule has 0 heterocycles. The highest BCUT2D eigenvalue weighted by Crippen LogP contribution is 2.22. The lowest BCUT2D eigenvalue weighted by Crippen LogP contribution is -2.45. The summed E-state index contributed by atoms with van der Waals surface area (Å²) < 4.78 is 24.8. The molecule has 3 N–H and O–H groups in total. The standard InChI is InChI=1S/C21H26N2O4S/c1-21(2,3)16-11-9-15(10-12-16)20(25)23-18(19(22)24)13-14-28(26,27)17-7-5-4-6-8-17/h4-12,18H,13-14H2,1-3H3,(H2,22,24)(H,23,25)/t18-/m0/s1. The SMILES string of the molecule is CC(C)(C)c1ccc(C(=O)N[C@@H](CCS(=O)(=O)c2ccccc2)C(N)=O)cc1. The van der Waals surface area contributed by atoms with Gasteiger partial charge in [-0.1, -0.05) is 51.1 Å². The summed E-state index contributed by atoms with van der Waals surface area (Å²) >= 11 is 0. The molecule has 0 saturated heterocycles. The number of sulfone groups is 1. The van der Waals surface area contributed by atoms with Crippen molar-refractivity contribution in [3.05, 3.63) is 65.7 Å². The Kier molecular flexibility index (Phi) is 6.61. The fourth-order valence-electron chi connectivity index (χ4n) is 2.67. The number of nitrogens with two attached hydrogens (primary N) is 1. The van der Waals surface area contributed by atoms with Crippen molar-refractivity contribution < 1.29 is 18.0 Å². The molecular formula is C21H26N2O4S. The molecule has 150 valence electrons. The van der Waals surface area contributed by atoms with Crippen molar-refractivity contribution >= 4 is 21.7 Å². The number of carbonyl (C=O) groups excluding carboxylic acids is 2. The number of carbonyl (C=O) groups is 2. The Morgan fingerprint density at radius 3 is 2.07 bits per heavy atom. The van der Waals surface area contributed by atoms with Crippen molar-refractivity contribution in [2.24, 2.45) is 5.73 Å². The van der Waals surface area contributed by atoms with E-state index in [0.29, 0.717) is 5.56 Å². The maximum Gasteiger partial charge on any atom is 0.251 e. The minimum Gasteiger partial charge on any atom is -0.368 e. The number of nitrogens with one attached hydrogen (secondary N) is 1. The van der Waals surface area contributed by atoms with Crippen LogP contribution in [-0.2, 0) is 20.0 Å². The fraction of sp³-hybridized carbons (Fsp3) is 0.333. The molecule has 2 amide bonds. The second-order valence-corrected chi connectivity index (χ2v) is 9.79. The van der Waals surface area contributed by atoms with Crippen LogP contribution in [0.5, 0.6) is 0 Å². The van der Waals surface area contributed by atoms with Crippen LogP contribution in [0, 0.1) is 0 Å². The smallest absolute Gasteiger partial charge is 0.251 e. The maximum absolute atomic E-state index is 12.4. The van der Waals surface area contributed by atoms with Crippen molar-refractivity contribution in [1.29, 1.82) is 0 Å².